The predicted octanol–water partition coefficient (Wildman–Crippen LogP) is 0.477. The highest BCUT2D eigenvalue weighted by Crippen LogP contribution is 2.12. The zero-order chi connectivity index (χ0) is 12.8. The summed E-state index contributed by atoms with van der Waals surface area (Å²) in [6.45, 7) is 0.368. The van der Waals surface area contributed by atoms with Crippen molar-refractivity contribution in [3.8, 4) is 0 Å². The lowest BCUT2D eigenvalue weighted by molar-refractivity contribution is -0.120. The van der Waals surface area contributed by atoms with Gasteiger partial charge in [-0.3, -0.25) is 9.59 Å². The fourth-order valence-corrected chi connectivity index (χ4v) is 1.39. The van der Waals surface area contributed by atoms with Crippen molar-refractivity contribution in [2.45, 2.75) is 6.42 Å². The lowest BCUT2D eigenvalue weighted by Gasteiger charge is -2.17. The first-order chi connectivity index (χ1) is 8.06. The number of nitrogens with one attached hydrogen (secondary N) is 1. The minimum atomic E-state index is -0.174. The molecular formula is C12H17N3O2. The van der Waals surface area contributed by atoms with E-state index in [4.69, 9.17) is 5.73 Å². The van der Waals surface area contributed by atoms with Gasteiger partial charge in [0, 0.05) is 32.7 Å². The molecule has 0 aromatic heterocycles. The molecule has 92 valence electrons. The Morgan fingerprint density at radius 1 is 1.35 bits per heavy atom. The van der Waals surface area contributed by atoms with E-state index < -0.39 is 0 Å². The van der Waals surface area contributed by atoms with Crippen molar-refractivity contribution in [1.29, 1.82) is 0 Å². The third-order valence-electron chi connectivity index (χ3n) is 2.49. The van der Waals surface area contributed by atoms with Crippen molar-refractivity contribution in [2.24, 2.45) is 0 Å². The van der Waals surface area contributed by atoms with E-state index in [-0.39, 0.29) is 18.2 Å². The van der Waals surface area contributed by atoms with Crippen LogP contribution in [-0.2, 0) is 4.79 Å². The van der Waals surface area contributed by atoms with Crippen LogP contribution >= 0.6 is 0 Å². The number of nitrogens with two attached hydrogens (primary N) is 1. The van der Waals surface area contributed by atoms with Gasteiger partial charge in [0.2, 0.25) is 5.91 Å². The molecule has 0 unspecified atom stereocenters. The van der Waals surface area contributed by atoms with Crippen molar-refractivity contribution in [1.82, 2.24) is 10.2 Å². The molecule has 0 fully saturated rings. The smallest absolute Gasteiger partial charge is 0.255 e. The zero-order valence-electron chi connectivity index (χ0n) is 10.1. The lowest BCUT2D eigenvalue weighted by Crippen LogP contribution is -2.31. The van der Waals surface area contributed by atoms with E-state index in [1.165, 1.54) is 4.90 Å². The monoisotopic (exact) mass is 235 g/mol. The maximum atomic E-state index is 12.0. The molecule has 1 aromatic rings. The van der Waals surface area contributed by atoms with Gasteiger partial charge in [-0.25, -0.2) is 0 Å². The highest BCUT2D eigenvalue weighted by Gasteiger charge is 2.14. The van der Waals surface area contributed by atoms with Crippen LogP contribution in [0, 0.1) is 0 Å². The number of carbonyl (C=O) groups is 2. The fraction of sp³-hybridized carbons (Fsp3) is 0.333. The van der Waals surface area contributed by atoms with E-state index in [1.807, 2.05) is 0 Å². The Balaban J connectivity index is 2.64. The molecule has 0 radical (unpaired) electrons. The number of para-hydroxylation sites is 1. The van der Waals surface area contributed by atoms with E-state index in [0.717, 1.165) is 0 Å². The Labute approximate surface area is 101 Å². The summed E-state index contributed by atoms with van der Waals surface area (Å²) in [7, 11) is 3.22. The third kappa shape index (κ3) is 3.48. The van der Waals surface area contributed by atoms with Gasteiger partial charge < -0.3 is 16.0 Å². The van der Waals surface area contributed by atoms with Crippen molar-refractivity contribution in [2.75, 3.05) is 26.4 Å². The van der Waals surface area contributed by atoms with Crippen LogP contribution in [0.25, 0.3) is 0 Å². The summed E-state index contributed by atoms with van der Waals surface area (Å²) < 4.78 is 0. The molecule has 0 aliphatic heterocycles. The van der Waals surface area contributed by atoms with E-state index in [9.17, 15) is 9.59 Å². The molecule has 0 saturated carbocycles. The van der Waals surface area contributed by atoms with Gasteiger partial charge in [0.05, 0.1) is 5.56 Å². The molecule has 0 saturated heterocycles. The van der Waals surface area contributed by atoms with Gasteiger partial charge in [0.15, 0.2) is 0 Å². The molecule has 5 nitrogen and oxygen atoms in total. The highest BCUT2D eigenvalue weighted by atomic mass is 16.2. The fourth-order valence-electron chi connectivity index (χ4n) is 1.39. The normalized spacial score (nSPS) is 9.76. The predicted molar refractivity (Wildman–Crippen MR) is 66.5 cm³/mol. The number of carbonyl (C=O) groups excluding carboxylic acids is 2. The maximum absolute atomic E-state index is 12.0. The molecule has 0 aliphatic carbocycles. The average molecular weight is 235 g/mol. The van der Waals surface area contributed by atoms with Crippen LogP contribution in [0.15, 0.2) is 24.3 Å². The first-order valence-electron chi connectivity index (χ1n) is 5.36. The third-order valence-corrected chi connectivity index (χ3v) is 2.49. The van der Waals surface area contributed by atoms with Gasteiger partial charge in [-0.1, -0.05) is 12.1 Å². The Bertz CT molecular complexity index is 418. The second-order valence-corrected chi connectivity index (χ2v) is 3.74. The largest absolute Gasteiger partial charge is 0.398 e. The summed E-state index contributed by atoms with van der Waals surface area (Å²) in [5, 5.41) is 2.51. The summed E-state index contributed by atoms with van der Waals surface area (Å²) in [4.78, 5) is 24.5. The minimum Gasteiger partial charge on any atom is -0.398 e. The van der Waals surface area contributed by atoms with Gasteiger partial charge in [-0.2, -0.15) is 0 Å². The van der Waals surface area contributed by atoms with Crippen molar-refractivity contribution >= 4 is 17.5 Å². The van der Waals surface area contributed by atoms with Crippen LogP contribution in [-0.4, -0.2) is 37.4 Å². The molecule has 0 heterocycles. The first-order valence-corrected chi connectivity index (χ1v) is 5.36. The number of rotatable bonds is 4. The highest BCUT2D eigenvalue weighted by molar-refractivity contribution is 5.99. The van der Waals surface area contributed by atoms with Crippen LogP contribution in [0.5, 0.6) is 0 Å². The summed E-state index contributed by atoms with van der Waals surface area (Å²) in [6, 6.07) is 6.89. The number of benzene rings is 1. The molecule has 0 bridgehead atoms. The quantitative estimate of drug-likeness (QED) is 0.745. The Kier molecular flexibility index (Phi) is 4.51. The molecule has 0 aliphatic rings. The second kappa shape index (κ2) is 5.89. The number of amides is 2. The summed E-state index contributed by atoms with van der Waals surface area (Å²) >= 11 is 0. The summed E-state index contributed by atoms with van der Waals surface area (Å²) in [5.74, 6) is -0.266. The van der Waals surface area contributed by atoms with Gasteiger partial charge in [-0.05, 0) is 12.1 Å². The number of hydrogen-bond acceptors (Lipinski definition) is 3. The van der Waals surface area contributed by atoms with Crippen LogP contribution in [0.3, 0.4) is 0 Å². The second-order valence-electron chi connectivity index (χ2n) is 3.74. The van der Waals surface area contributed by atoms with E-state index in [0.29, 0.717) is 17.8 Å². The first kappa shape index (κ1) is 13.0. The molecule has 1 aromatic carbocycles. The van der Waals surface area contributed by atoms with Crippen LogP contribution < -0.4 is 11.1 Å². The lowest BCUT2D eigenvalue weighted by atomic mass is 10.1. The summed E-state index contributed by atoms with van der Waals surface area (Å²) in [6.07, 6.45) is 0.283. The molecule has 17 heavy (non-hydrogen) atoms. The van der Waals surface area contributed by atoms with E-state index >= 15 is 0 Å². The van der Waals surface area contributed by atoms with Gasteiger partial charge in [0.25, 0.3) is 5.91 Å². The van der Waals surface area contributed by atoms with Crippen LogP contribution in [0.4, 0.5) is 5.69 Å². The molecule has 5 heteroatoms. The maximum Gasteiger partial charge on any atom is 0.255 e. The molecule has 0 spiro atoms. The van der Waals surface area contributed by atoms with Gasteiger partial charge in [0.1, 0.15) is 0 Å². The van der Waals surface area contributed by atoms with Crippen LogP contribution in [0.2, 0.25) is 0 Å². The van der Waals surface area contributed by atoms with Crippen molar-refractivity contribution in [3.63, 3.8) is 0 Å². The van der Waals surface area contributed by atoms with Crippen molar-refractivity contribution in [3.05, 3.63) is 29.8 Å². The molecule has 3 N–H and O–H groups in total. The topological polar surface area (TPSA) is 75.4 Å². The zero-order valence-corrected chi connectivity index (χ0v) is 10.1. The van der Waals surface area contributed by atoms with E-state index in [1.54, 1.807) is 38.4 Å². The molecule has 0 atom stereocenters. The average Bonchev–Trinajstić information content (AvgIpc) is 2.35. The standard InChI is InChI=1S/C12H17N3O2/c1-14-11(16)7-8-15(2)12(17)9-5-3-4-6-10(9)13/h3-6H,7-8,13H2,1-2H3,(H,14,16). The summed E-state index contributed by atoms with van der Waals surface area (Å²) in [5.41, 5.74) is 6.63. The van der Waals surface area contributed by atoms with Gasteiger partial charge >= 0.3 is 0 Å². The Morgan fingerprint density at radius 2 is 2.00 bits per heavy atom. The number of nitrogens with zero attached hydrogens (tertiary/aromatic N) is 1. The molecule has 2 amide bonds. The SMILES string of the molecule is CNC(=O)CCN(C)C(=O)c1ccccc1N. The molecule has 1 rings (SSSR count). The Morgan fingerprint density at radius 3 is 2.59 bits per heavy atom. The van der Waals surface area contributed by atoms with Crippen LogP contribution in [0.1, 0.15) is 16.8 Å². The van der Waals surface area contributed by atoms with E-state index in [2.05, 4.69) is 5.32 Å². The minimum absolute atomic E-state index is 0.0920. The van der Waals surface area contributed by atoms with Crippen molar-refractivity contribution < 1.29 is 9.59 Å². The number of nitrogen functional groups attached to an aromatic ring is 1. The van der Waals surface area contributed by atoms with Gasteiger partial charge in [-0.15, -0.1) is 0 Å². The number of anilines is 1. The number of hydrogen-bond donors (Lipinski definition) is 2. The molecular weight excluding hydrogens is 218 g/mol. The Hall–Kier alpha value is -2.04.